The number of hydrogen-bond donors (Lipinski definition) is 12. The second-order valence-electron chi connectivity index (χ2n) is 31.6. The van der Waals surface area contributed by atoms with Crippen molar-refractivity contribution in [1.29, 1.82) is 0 Å². The minimum atomic E-state index is -2.15. The van der Waals surface area contributed by atoms with E-state index in [9.17, 15) is 85.3 Å². The van der Waals surface area contributed by atoms with Gasteiger partial charge in [0.15, 0.2) is 43.5 Å². The molecule has 568 valence electrons. The van der Waals surface area contributed by atoms with Crippen LogP contribution in [-0.4, -0.2) is 260 Å². The summed E-state index contributed by atoms with van der Waals surface area (Å²) in [6.07, 6.45) is -32.3. The molecule has 8 fully saturated rings. The Labute approximate surface area is 591 Å². The standard InChI is InChI=1S/C73H102O29/c1-33(34(2)94-61(88)35-17-13-11-14-18-35)60(87)98-54-41(95-62(89)36-19-15-12-16-20-36)31-93-65(53(54)84)102-58-46(63(90)91-10)73(32-75)38(27-68(58,3)4)37-21-22-43-70(7)25-24-45(69(5,6)42(70)23-26-71(43,8)72(37,9)28-44(73)77)97-67-57(101-66-51(82)49(80)48(79)40(29-74)96-66)55(52(83)56(100-67)59(85)86)99-64-50(81)47(78)39(76)30-92-64/h11-21,33-34,38-58,64-67,74-84H,22-32H2,1-10H3,(H,85,86)/t33?,34?,38-,39+,40+,41+,42-,43+,44+,45-,46+,47-,48-,49-,50+,51+,52-,53-,54+,55-,56-,57+,58-,64-,65+,66-,67+,70-,71+,72+,73-/m0/s1. The van der Waals surface area contributed by atoms with Crippen molar-refractivity contribution in [2.45, 2.75) is 242 Å². The number of carboxylic acid groups (broad SMARTS) is 1. The average Bonchev–Trinajstić information content (AvgIpc) is 0.666. The largest absolute Gasteiger partial charge is 0.479 e. The number of aliphatic hydroxyl groups excluding tert-OH is 11. The SMILES string of the molecule is COC(=O)[C@H]1[C@H](O[C@H]2OC[C@@H](OC(=O)c3ccccc3)[C@@H](OC(=O)C(C)C(C)OC(=O)c3ccccc3)[C@@H]2O)C(C)(C)C[C@H]2C3=CC[C@@H]4[C@@]5(C)CC[C@H](O[C@@H]6O[C@H](C(=O)O)[C@@H](O)[C@H](O[C@@H]7OC[C@@H](O)[C@H](O)[C@H]7O)[C@H]6O[C@@H]6O[C@H](CO)[C@H](O)[C@H](O)[C@H]6O)C(C)(C)[C@@H]5CC[C@@]4(C)[C@]3(C)C[C@@H](O)[C@]21CO. The Morgan fingerprint density at radius 2 is 1.24 bits per heavy atom. The number of carboxylic acids is 1. The Bertz CT molecular complexity index is 3340. The van der Waals surface area contributed by atoms with E-state index in [1.54, 1.807) is 48.5 Å². The van der Waals surface area contributed by atoms with Crippen molar-refractivity contribution in [3.05, 3.63) is 83.4 Å². The molecule has 12 N–H and O–H groups in total. The van der Waals surface area contributed by atoms with Crippen LogP contribution >= 0.6 is 0 Å². The maximum Gasteiger partial charge on any atom is 0.338 e. The number of carbonyl (C=O) groups is 5. The summed E-state index contributed by atoms with van der Waals surface area (Å²) in [5.74, 6) is -8.38. The molecule has 4 saturated heterocycles. The van der Waals surface area contributed by atoms with Crippen LogP contribution in [0.4, 0.5) is 0 Å². The van der Waals surface area contributed by atoms with Crippen LogP contribution in [0.1, 0.15) is 128 Å². The second kappa shape index (κ2) is 29.8. The first-order chi connectivity index (χ1) is 48.1. The van der Waals surface area contributed by atoms with Crippen LogP contribution in [0, 0.1) is 62.1 Å². The van der Waals surface area contributed by atoms with E-state index >= 15 is 0 Å². The van der Waals surface area contributed by atoms with Gasteiger partial charge in [0.2, 0.25) is 0 Å². The molecule has 9 aliphatic rings. The van der Waals surface area contributed by atoms with Gasteiger partial charge in [-0.15, -0.1) is 0 Å². The van der Waals surface area contributed by atoms with Gasteiger partial charge in [0.25, 0.3) is 0 Å². The molecule has 0 amide bonds. The highest BCUT2D eigenvalue weighted by molar-refractivity contribution is 5.90. The molecule has 0 radical (unpaired) electrons. The van der Waals surface area contributed by atoms with Crippen LogP contribution in [-0.2, 0) is 71.2 Å². The molecule has 0 aromatic heterocycles. The summed E-state index contributed by atoms with van der Waals surface area (Å²) in [4.78, 5) is 68.8. The highest BCUT2D eigenvalue weighted by Crippen LogP contribution is 2.76. The van der Waals surface area contributed by atoms with Crippen LogP contribution in [0.3, 0.4) is 0 Å². The van der Waals surface area contributed by atoms with Crippen molar-refractivity contribution in [3.63, 3.8) is 0 Å². The van der Waals surface area contributed by atoms with Crippen molar-refractivity contribution in [2.75, 3.05) is 33.5 Å². The Morgan fingerprint density at radius 3 is 1.86 bits per heavy atom. The minimum Gasteiger partial charge on any atom is -0.479 e. The lowest BCUT2D eigenvalue weighted by atomic mass is 9.32. The van der Waals surface area contributed by atoms with Crippen molar-refractivity contribution in [2.24, 2.45) is 62.1 Å². The number of hydrogen-bond acceptors (Lipinski definition) is 28. The molecule has 11 rings (SSSR count). The molecule has 102 heavy (non-hydrogen) atoms. The predicted octanol–water partition coefficient (Wildman–Crippen LogP) is 1.45. The lowest BCUT2D eigenvalue weighted by Gasteiger charge is -2.73. The molecule has 2 aromatic carbocycles. The first-order valence-corrected chi connectivity index (χ1v) is 35.3. The lowest BCUT2D eigenvalue weighted by Crippen LogP contribution is -2.72. The van der Waals surface area contributed by atoms with Crippen LogP contribution < -0.4 is 0 Å². The van der Waals surface area contributed by atoms with Gasteiger partial charge in [-0.3, -0.25) is 9.59 Å². The van der Waals surface area contributed by atoms with Crippen molar-refractivity contribution >= 4 is 29.8 Å². The number of benzene rings is 2. The second-order valence-corrected chi connectivity index (χ2v) is 31.6. The fourth-order valence-corrected chi connectivity index (χ4v) is 19.3. The zero-order valence-electron chi connectivity index (χ0n) is 59.0. The molecule has 0 bridgehead atoms. The molecule has 4 heterocycles. The third-order valence-electron chi connectivity index (χ3n) is 25.3. The van der Waals surface area contributed by atoms with E-state index in [1.165, 1.54) is 33.1 Å². The Kier molecular flexibility index (Phi) is 22.8. The van der Waals surface area contributed by atoms with Gasteiger partial charge in [0, 0.05) is 5.41 Å². The molecule has 29 nitrogen and oxygen atoms in total. The Balaban J connectivity index is 0.860. The number of allylic oxidation sites excluding steroid dienone is 2. The predicted molar refractivity (Wildman–Crippen MR) is 349 cm³/mol. The summed E-state index contributed by atoms with van der Waals surface area (Å²) in [7, 11) is 1.19. The summed E-state index contributed by atoms with van der Waals surface area (Å²) in [6, 6.07) is 16.1. The number of esters is 4. The fraction of sp³-hybridized carbons (Fsp3) is 0.740. The van der Waals surface area contributed by atoms with Gasteiger partial charge in [-0.1, -0.05) is 96.5 Å². The molecule has 5 aliphatic carbocycles. The monoisotopic (exact) mass is 1440 g/mol. The Morgan fingerprint density at radius 1 is 0.618 bits per heavy atom. The molecule has 29 heteroatoms. The molecule has 0 spiro atoms. The van der Waals surface area contributed by atoms with Crippen molar-refractivity contribution in [3.8, 4) is 0 Å². The van der Waals surface area contributed by atoms with Gasteiger partial charge < -0.3 is 118 Å². The normalized spacial score (nSPS) is 44.3. The van der Waals surface area contributed by atoms with Gasteiger partial charge in [-0.05, 0) is 128 Å². The van der Waals surface area contributed by atoms with Gasteiger partial charge in [0.05, 0.1) is 74.8 Å². The zero-order valence-corrected chi connectivity index (χ0v) is 59.0. The number of rotatable bonds is 19. The van der Waals surface area contributed by atoms with Crippen molar-refractivity contribution in [1.82, 2.24) is 0 Å². The third kappa shape index (κ3) is 13.6. The summed E-state index contributed by atoms with van der Waals surface area (Å²) in [6.45, 7) is 14.8. The van der Waals surface area contributed by atoms with E-state index in [0.29, 0.717) is 32.1 Å². The number of aliphatic hydroxyl groups is 11. The molecule has 31 atom stereocenters. The van der Waals surface area contributed by atoms with Crippen molar-refractivity contribution < 1.29 is 142 Å². The summed E-state index contributed by atoms with van der Waals surface area (Å²) >= 11 is 0. The van der Waals surface area contributed by atoms with E-state index in [2.05, 4.69) is 26.8 Å². The minimum absolute atomic E-state index is 0.0723. The van der Waals surface area contributed by atoms with E-state index < -0.39 is 242 Å². The number of aliphatic carboxylic acids is 1. The Hall–Kier alpha value is -5.23. The summed E-state index contributed by atoms with van der Waals surface area (Å²) < 4.78 is 72.9. The highest BCUT2D eigenvalue weighted by Gasteiger charge is 2.74. The number of ether oxygens (including phenoxy) is 12. The maximum atomic E-state index is 14.9. The van der Waals surface area contributed by atoms with Gasteiger partial charge >= 0.3 is 29.8 Å². The molecule has 4 saturated carbocycles. The summed E-state index contributed by atoms with van der Waals surface area (Å²) in [5, 5.41) is 135. The molecule has 4 aliphatic heterocycles. The number of carbonyl (C=O) groups excluding carboxylic acids is 4. The summed E-state index contributed by atoms with van der Waals surface area (Å²) in [5.41, 5.74) is -4.03. The fourth-order valence-electron chi connectivity index (χ4n) is 19.3. The molecular weight excluding hydrogens is 1340 g/mol. The van der Waals surface area contributed by atoms with Crippen LogP contribution in [0.25, 0.3) is 0 Å². The molecule has 2 aromatic rings. The smallest absolute Gasteiger partial charge is 0.338 e. The topological polar surface area (TPSA) is 439 Å². The highest BCUT2D eigenvalue weighted by atomic mass is 16.8. The first-order valence-electron chi connectivity index (χ1n) is 35.3. The quantitative estimate of drug-likeness (QED) is 0.0410. The van der Waals surface area contributed by atoms with E-state index in [1.807, 2.05) is 27.7 Å². The average molecular weight is 1440 g/mol. The third-order valence-corrected chi connectivity index (χ3v) is 25.3. The first kappa shape index (κ1) is 77.9. The van der Waals surface area contributed by atoms with Crippen LogP contribution in [0.2, 0.25) is 0 Å². The van der Waals surface area contributed by atoms with E-state index in [4.69, 9.17) is 56.8 Å². The number of methoxy groups -OCH3 is 1. The molecular formula is C73H102O29. The van der Waals surface area contributed by atoms with Crippen LogP contribution in [0.15, 0.2) is 72.3 Å². The lowest BCUT2D eigenvalue weighted by molar-refractivity contribution is -0.392. The van der Waals surface area contributed by atoms with Gasteiger partial charge in [0.1, 0.15) is 73.2 Å². The van der Waals surface area contributed by atoms with Gasteiger partial charge in [-0.25, -0.2) is 14.4 Å². The zero-order chi connectivity index (χ0) is 74.2. The van der Waals surface area contributed by atoms with Crippen LogP contribution in [0.5, 0.6) is 0 Å². The maximum absolute atomic E-state index is 14.9. The van der Waals surface area contributed by atoms with Gasteiger partial charge in [-0.2, -0.15) is 0 Å². The van der Waals surface area contributed by atoms with E-state index in [-0.39, 0.29) is 35.8 Å². The van der Waals surface area contributed by atoms with E-state index in [0.717, 1.165) is 5.57 Å². The number of fused-ring (bicyclic) bond motifs is 7. The molecule has 2 unspecified atom stereocenters.